The number of nitrogens with zero attached hydrogens (tertiary/aromatic N) is 4. The molecule has 3 rings (SSSR count). The van der Waals surface area contributed by atoms with Crippen LogP contribution in [0.3, 0.4) is 0 Å². The van der Waals surface area contributed by atoms with Crippen molar-refractivity contribution < 1.29 is 9.47 Å². The van der Waals surface area contributed by atoms with E-state index in [9.17, 15) is 4.79 Å². The fourth-order valence-electron chi connectivity index (χ4n) is 2.44. The topological polar surface area (TPSA) is 71.2 Å². The Kier molecular flexibility index (Phi) is 5.27. The lowest BCUT2D eigenvalue weighted by atomic mass is 10.1. The SMILES string of the molecule is CC(C)Oc1cccc(-n2nnn(C)c2=O)c1COc1ccccc1Cl. The van der Waals surface area contributed by atoms with E-state index in [-0.39, 0.29) is 18.4 Å². The molecule has 7 nitrogen and oxygen atoms in total. The quantitative estimate of drug-likeness (QED) is 0.663. The monoisotopic (exact) mass is 374 g/mol. The van der Waals surface area contributed by atoms with Crippen LogP contribution in [-0.2, 0) is 13.7 Å². The average Bonchev–Trinajstić information content (AvgIpc) is 2.93. The molecule has 1 heterocycles. The summed E-state index contributed by atoms with van der Waals surface area (Å²) >= 11 is 6.16. The molecule has 0 amide bonds. The number of hydrogen-bond donors (Lipinski definition) is 0. The van der Waals surface area contributed by atoms with Gasteiger partial charge in [-0.05, 0) is 48.5 Å². The summed E-state index contributed by atoms with van der Waals surface area (Å²) in [6, 6.07) is 12.6. The molecule has 0 aliphatic heterocycles. The van der Waals surface area contributed by atoms with E-state index in [0.717, 1.165) is 4.68 Å². The summed E-state index contributed by atoms with van der Waals surface area (Å²) in [7, 11) is 1.54. The number of tetrazole rings is 1. The van der Waals surface area contributed by atoms with E-state index in [0.29, 0.717) is 27.8 Å². The van der Waals surface area contributed by atoms with Gasteiger partial charge in [0.1, 0.15) is 18.1 Å². The molecule has 0 bridgehead atoms. The second kappa shape index (κ2) is 7.61. The Morgan fingerprint density at radius 3 is 2.46 bits per heavy atom. The molecule has 0 spiro atoms. The highest BCUT2D eigenvalue weighted by atomic mass is 35.5. The van der Waals surface area contributed by atoms with Gasteiger partial charge in [-0.25, -0.2) is 4.79 Å². The number of aromatic nitrogens is 4. The smallest absolute Gasteiger partial charge is 0.368 e. The van der Waals surface area contributed by atoms with Crippen molar-refractivity contribution in [1.82, 2.24) is 19.8 Å². The zero-order valence-electron chi connectivity index (χ0n) is 14.7. The molecule has 26 heavy (non-hydrogen) atoms. The highest BCUT2D eigenvalue weighted by molar-refractivity contribution is 6.32. The third kappa shape index (κ3) is 3.72. The van der Waals surface area contributed by atoms with E-state index >= 15 is 0 Å². The van der Waals surface area contributed by atoms with Crippen molar-refractivity contribution in [3.05, 3.63) is 63.5 Å². The molecule has 1 aromatic heterocycles. The molecule has 0 unspecified atom stereocenters. The van der Waals surface area contributed by atoms with Gasteiger partial charge in [0.25, 0.3) is 0 Å². The van der Waals surface area contributed by atoms with E-state index in [2.05, 4.69) is 10.4 Å². The average molecular weight is 375 g/mol. The van der Waals surface area contributed by atoms with Crippen LogP contribution in [0.1, 0.15) is 19.4 Å². The van der Waals surface area contributed by atoms with E-state index < -0.39 is 0 Å². The van der Waals surface area contributed by atoms with Crippen LogP contribution in [0.2, 0.25) is 5.02 Å². The van der Waals surface area contributed by atoms with Gasteiger partial charge < -0.3 is 9.47 Å². The van der Waals surface area contributed by atoms with Gasteiger partial charge in [0.15, 0.2) is 0 Å². The van der Waals surface area contributed by atoms with Crippen molar-refractivity contribution in [3.8, 4) is 17.2 Å². The van der Waals surface area contributed by atoms with Gasteiger partial charge in [0.05, 0.1) is 22.4 Å². The van der Waals surface area contributed by atoms with Crippen LogP contribution in [0.4, 0.5) is 0 Å². The maximum atomic E-state index is 12.3. The minimum atomic E-state index is -0.356. The number of para-hydroxylation sites is 1. The zero-order chi connectivity index (χ0) is 18.7. The van der Waals surface area contributed by atoms with Crippen LogP contribution in [0, 0.1) is 0 Å². The van der Waals surface area contributed by atoms with Crippen molar-refractivity contribution in [2.75, 3.05) is 0 Å². The first-order valence-electron chi connectivity index (χ1n) is 8.12. The maximum Gasteiger partial charge on any atom is 0.368 e. The van der Waals surface area contributed by atoms with Gasteiger partial charge in [0, 0.05) is 7.05 Å². The largest absolute Gasteiger partial charge is 0.491 e. The molecule has 8 heteroatoms. The van der Waals surface area contributed by atoms with Crippen LogP contribution in [0.5, 0.6) is 11.5 Å². The lowest BCUT2D eigenvalue weighted by Gasteiger charge is -2.17. The molecule has 0 saturated carbocycles. The summed E-state index contributed by atoms with van der Waals surface area (Å²) in [5.74, 6) is 1.16. The summed E-state index contributed by atoms with van der Waals surface area (Å²) in [5.41, 5.74) is 0.878. The Morgan fingerprint density at radius 2 is 1.81 bits per heavy atom. The Balaban J connectivity index is 2.03. The molecule has 0 saturated heterocycles. The number of hydrogen-bond acceptors (Lipinski definition) is 5. The molecule has 0 fully saturated rings. The molecular formula is C18H19ClN4O3. The van der Waals surface area contributed by atoms with Gasteiger partial charge >= 0.3 is 5.69 Å². The predicted molar refractivity (Wildman–Crippen MR) is 98.1 cm³/mol. The van der Waals surface area contributed by atoms with E-state index in [1.165, 1.54) is 4.68 Å². The third-order valence-electron chi connectivity index (χ3n) is 3.63. The molecule has 2 aromatic carbocycles. The van der Waals surface area contributed by atoms with Crippen molar-refractivity contribution in [2.45, 2.75) is 26.6 Å². The van der Waals surface area contributed by atoms with Gasteiger partial charge in [0.2, 0.25) is 0 Å². The molecule has 0 radical (unpaired) electrons. The lowest BCUT2D eigenvalue weighted by molar-refractivity contribution is 0.230. The zero-order valence-corrected chi connectivity index (χ0v) is 15.5. The molecule has 136 valence electrons. The number of aryl methyl sites for hydroxylation is 1. The van der Waals surface area contributed by atoms with Crippen LogP contribution < -0.4 is 15.2 Å². The Labute approximate surface area is 155 Å². The van der Waals surface area contributed by atoms with Crippen molar-refractivity contribution in [2.24, 2.45) is 7.05 Å². The number of halogens is 1. The minimum absolute atomic E-state index is 0.0390. The van der Waals surface area contributed by atoms with Crippen LogP contribution in [0.25, 0.3) is 5.69 Å². The molecule has 0 N–H and O–H groups in total. The van der Waals surface area contributed by atoms with E-state index in [1.807, 2.05) is 32.0 Å². The highest BCUT2D eigenvalue weighted by Gasteiger charge is 2.17. The van der Waals surface area contributed by atoms with Crippen LogP contribution in [-0.4, -0.2) is 25.9 Å². The molecule has 3 aromatic rings. The summed E-state index contributed by atoms with van der Waals surface area (Å²) in [5, 5.41) is 8.20. The van der Waals surface area contributed by atoms with Gasteiger partial charge in [-0.3, -0.25) is 0 Å². The number of ether oxygens (including phenoxy) is 2. The summed E-state index contributed by atoms with van der Waals surface area (Å²) < 4.78 is 14.1. The minimum Gasteiger partial charge on any atom is -0.491 e. The molecule has 0 aliphatic rings. The standard InChI is InChI=1S/C18H19ClN4O3/c1-12(2)26-16-10-6-8-15(23-18(24)22(3)20-21-23)13(16)11-25-17-9-5-4-7-14(17)19/h4-10,12H,11H2,1-3H3. The van der Waals surface area contributed by atoms with Gasteiger partial charge in [-0.2, -0.15) is 9.36 Å². The second-order valence-corrected chi connectivity index (χ2v) is 6.34. The van der Waals surface area contributed by atoms with Crippen molar-refractivity contribution >= 4 is 11.6 Å². The first-order chi connectivity index (χ1) is 12.5. The first kappa shape index (κ1) is 18.0. The molecular weight excluding hydrogens is 356 g/mol. The normalized spacial score (nSPS) is 11.0. The van der Waals surface area contributed by atoms with Crippen LogP contribution in [0.15, 0.2) is 47.3 Å². The molecule has 0 atom stereocenters. The first-order valence-corrected chi connectivity index (χ1v) is 8.50. The summed E-state index contributed by atoms with van der Waals surface area (Å²) in [6.45, 7) is 4.02. The van der Waals surface area contributed by atoms with Crippen molar-refractivity contribution in [1.29, 1.82) is 0 Å². The van der Waals surface area contributed by atoms with Gasteiger partial charge in [-0.15, -0.1) is 0 Å². The molecule has 0 aliphatic carbocycles. The van der Waals surface area contributed by atoms with Gasteiger partial charge in [-0.1, -0.05) is 29.8 Å². The Morgan fingerprint density at radius 1 is 1.08 bits per heavy atom. The van der Waals surface area contributed by atoms with E-state index in [4.69, 9.17) is 21.1 Å². The number of benzene rings is 2. The second-order valence-electron chi connectivity index (χ2n) is 5.94. The fourth-order valence-corrected chi connectivity index (χ4v) is 2.63. The van der Waals surface area contributed by atoms with Crippen molar-refractivity contribution in [3.63, 3.8) is 0 Å². The lowest BCUT2D eigenvalue weighted by Crippen LogP contribution is -2.23. The Hall–Kier alpha value is -2.80. The summed E-state index contributed by atoms with van der Waals surface area (Å²) in [4.78, 5) is 12.3. The maximum absolute atomic E-state index is 12.3. The fraction of sp³-hybridized carbons (Fsp3) is 0.278. The third-order valence-corrected chi connectivity index (χ3v) is 3.94. The predicted octanol–water partition coefficient (Wildman–Crippen LogP) is 2.99. The summed E-state index contributed by atoms with van der Waals surface area (Å²) in [6.07, 6.45) is -0.0390. The van der Waals surface area contributed by atoms with E-state index in [1.54, 1.807) is 31.3 Å². The van der Waals surface area contributed by atoms with Crippen LogP contribution >= 0.6 is 11.6 Å². The Bertz CT molecular complexity index is 965. The number of rotatable bonds is 6. The highest BCUT2D eigenvalue weighted by Crippen LogP contribution is 2.29.